The second-order valence-corrected chi connectivity index (χ2v) is 3.49. The maximum absolute atomic E-state index is 9.62. The van der Waals surface area contributed by atoms with E-state index in [1.165, 1.54) is 7.11 Å². The molecule has 2 rings (SSSR count). The number of benzene rings is 1. The van der Waals surface area contributed by atoms with Gasteiger partial charge in [0.2, 0.25) is 0 Å². The number of phenolic OH excluding ortho intramolecular Hbond substituents is 1. The quantitative estimate of drug-likeness (QED) is 0.719. The number of nitrogens with zero attached hydrogens (tertiary/aromatic N) is 1. The minimum atomic E-state index is -0.328. The van der Waals surface area contributed by atoms with Crippen LogP contribution in [0.2, 0.25) is 0 Å². The summed E-state index contributed by atoms with van der Waals surface area (Å²) in [5, 5.41) is 21.6. The molecule has 2 N–H and O–H groups in total. The molecule has 4 nitrogen and oxygen atoms in total. The third kappa shape index (κ3) is 1.62. The highest BCUT2D eigenvalue weighted by atomic mass is 16.5. The first-order valence-electron chi connectivity index (χ1n) is 4.79. The first-order valence-corrected chi connectivity index (χ1v) is 4.79. The lowest BCUT2D eigenvalue weighted by atomic mass is 9.94. The van der Waals surface area contributed by atoms with Crippen LogP contribution in [-0.4, -0.2) is 18.8 Å². The molecule has 0 fully saturated rings. The van der Waals surface area contributed by atoms with Gasteiger partial charge in [0, 0.05) is 6.54 Å². The second-order valence-electron chi connectivity index (χ2n) is 3.49. The fourth-order valence-electron chi connectivity index (χ4n) is 1.85. The number of fused-ring (bicyclic) bond motifs is 1. The molecule has 0 aromatic heterocycles. The van der Waals surface area contributed by atoms with Crippen molar-refractivity contribution in [2.24, 2.45) is 0 Å². The van der Waals surface area contributed by atoms with E-state index in [2.05, 4.69) is 11.4 Å². The number of hydrogen-bond donors (Lipinski definition) is 2. The highest BCUT2D eigenvalue weighted by molar-refractivity contribution is 5.49. The summed E-state index contributed by atoms with van der Waals surface area (Å²) in [5.74, 6) is 0.549. The molecular weight excluding hydrogens is 192 g/mol. The van der Waals surface area contributed by atoms with E-state index in [0.29, 0.717) is 5.75 Å². The topological polar surface area (TPSA) is 65.3 Å². The number of phenols is 1. The maximum Gasteiger partial charge on any atom is 0.160 e. The summed E-state index contributed by atoms with van der Waals surface area (Å²) in [6.45, 7) is 0.777. The molecule has 0 aliphatic carbocycles. The Kier molecular flexibility index (Phi) is 2.48. The van der Waals surface area contributed by atoms with Crippen molar-refractivity contribution in [2.75, 3.05) is 13.7 Å². The molecule has 15 heavy (non-hydrogen) atoms. The minimum Gasteiger partial charge on any atom is -0.504 e. The fraction of sp³-hybridized carbons (Fsp3) is 0.364. The summed E-state index contributed by atoms with van der Waals surface area (Å²) in [6, 6.07) is 5.24. The van der Waals surface area contributed by atoms with Gasteiger partial charge in [-0.15, -0.1) is 0 Å². The molecule has 1 aromatic rings. The first-order chi connectivity index (χ1) is 7.26. The molecule has 1 heterocycles. The molecule has 1 aliphatic rings. The van der Waals surface area contributed by atoms with Crippen LogP contribution in [0.1, 0.15) is 17.2 Å². The van der Waals surface area contributed by atoms with Crippen LogP contribution < -0.4 is 10.1 Å². The van der Waals surface area contributed by atoms with E-state index in [9.17, 15) is 5.11 Å². The summed E-state index contributed by atoms with van der Waals surface area (Å²) in [7, 11) is 1.52. The van der Waals surface area contributed by atoms with Crippen molar-refractivity contribution in [1.29, 1.82) is 5.26 Å². The van der Waals surface area contributed by atoms with Crippen LogP contribution in [0, 0.1) is 11.3 Å². The minimum absolute atomic E-state index is 0.0835. The summed E-state index contributed by atoms with van der Waals surface area (Å²) in [5.41, 5.74) is 1.91. The molecule has 1 unspecified atom stereocenters. The fourth-order valence-corrected chi connectivity index (χ4v) is 1.85. The zero-order valence-electron chi connectivity index (χ0n) is 8.45. The Balaban J connectivity index is 2.50. The molecular formula is C11H12N2O2. The number of hydrogen-bond acceptors (Lipinski definition) is 4. The van der Waals surface area contributed by atoms with Crippen molar-refractivity contribution in [3.05, 3.63) is 23.3 Å². The number of nitrogens with one attached hydrogen (secondary N) is 1. The smallest absolute Gasteiger partial charge is 0.160 e. The summed E-state index contributed by atoms with van der Waals surface area (Å²) >= 11 is 0. The molecule has 1 aromatic carbocycles. The Labute approximate surface area is 88.1 Å². The van der Waals surface area contributed by atoms with Gasteiger partial charge in [-0.3, -0.25) is 5.32 Å². The van der Waals surface area contributed by atoms with E-state index in [4.69, 9.17) is 10.00 Å². The molecule has 0 saturated heterocycles. The number of methoxy groups -OCH3 is 1. The lowest BCUT2D eigenvalue weighted by Gasteiger charge is -2.22. The van der Waals surface area contributed by atoms with E-state index < -0.39 is 0 Å². The van der Waals surface area contributed by atoms with Crippen molar-refractivity contribution in [3.63, 3.8) is 0 Å². The zero-order chi connectivity index (χ0) is 10.8. The number of nitriles is 1. The van der Waals surface area contributed by atoms with E-state index in [1.807, 2.05) is 0 Å². The average molecular weight is 204 g/mol. The molecule has 0 bridgehead atoms. The Morgan fingerprint density at radius 1 is 1.60 bits per heavy atom. The molecule has 0 radical (unpaired) electrons. The normalized spacial score (nSPS) is 19.1. The third-order valence-electron chi connectivity index (χ3n) is 2.62. The van der Waals surface area contributed by atoms with Crippen LogP contribution in [0.15, 0.2) is 12.1 Å². The van der Waals surface area contributed by atoms with Gasteiger partial charge in [-0.2, -0.15) is 5.26 Å². The van der Waals surface area contributed by atoms with Gasteiger partial charge < -0.3 is 9.84 Å². The summed E-state index contributed by atoms with van der Waals surface area (Å²) < 4.78 is 5.03. The van der Waals surface area contributed by atoms with E-state index in [1.54, 1.807) is 12.1 Å². The van der Waals surface area contributed by atoms with Gasteiger partial charge >= 0.3 is 0 Å². The SMILES string of the molecule is COc1cc2c(cc1O)C(C#N)NCC2. The van der Waals surface area contributed by atoms with Crippen molar-refractivity contribution in [1.82, 2.24) is 5.32 Å². The molecule has 0 amide bonds. The molecule has 0 spiro atoms. The Morgan fingerprint density at radius 3 is 3.07 bits per heavy atom. The van der Waals surface area contributed by atoms with Crippen LogP contribution in [0.5, 0.6) is 11.5 Å². The van der Waals surface area contributed by atoms with Crippen LogP contribution in [-0.2, 0) is 6.42 Å². The van der Waals surface area contributed by atoms with Crippen LogP contribution in [0.3, 0.4) is 0 Å². The molecule has 1 atom stereocenters. The van der Waals surface area contributed by atoms with Crippen LogP contribution in [0.25, 0.3) is 0 Å². The van der Waals surface area contributed by atoms with Gasteiger partial charge in [-0.25, -0.2) is 0 Å². The third-order valence-corrected chi connectivity index (χ3v) is 2.62. The highest BCUT2D eigenvalue weighted by Crippen LogP contribution is 2.33. The number of rotatable bonds is 1. The predicted molar refractivity (Wildman–Crippen MR) is 54.7 cm³/mol. The Morgan fingerprint density at radius 2 is 2.40 bits per heavy atom. The molecule has 78 valence electrons. The Hall–Kier alpha value is -1.73. The average Bonchev–Trinajstić information content (AvgIpc) is 2.27. The van der Waals surface area contributed by atoms with Crippen LogP contribution >= 0.6 is 0 Å². The van der Waals surface area contributed by atoms with Gasteiger partial charge in [0.25, 0.3) is 0 Å². The number of ether oxygens (including phenoxy) is 1. The van der Waals surface area contributed by atoms with Gasteiger partial charge in [0.15, 0.2) is 11.5 Å². The van der Waals surface area contributed by atoms with Gasteiger partial charge in [-0.05, 0) is 29.7 Å². The van der Waals surface area contributed by atoms with Gasteiger partial charge in [-0.1, -0.05) is 0 Å². The lowest BCUT2D eigenvalue weighted by molar-refractivity contribution is 0.371. The van der Waals surface area contributed by atoms with Gasteiger partial charge in [0.1, 0.15) is 6.04 Å². The standard InChI is InChI=1S/C11H12N2O2/c1-15-11-4-7-2-3-13-9(6-12)8(7)5-10(11)14/h4-5,9,13-14H,2-3H2,1H3. The molecule has 4 heteroatoms. The van der Waals surface area contributed by atoms with E-state index >= 15 is 0 Å². The van der Waals surface area contributed by atoms with E-state index in [-0.39, 0.29) is 11.8 Å². The molecule has 1 aliphatic heterocycles. The Bertz CT molecular complexity index is 423. The van der Waals surface area contributed by atoms with Crippen molar-refractivity contribution >= 4 is 0 Å². The number of aromatic hydroxyl groups is 1. The largest absolute Gasteiger partial charge is 0.504 e. The van der Waals surface area contributed by atoms with Crippen molar-refractivity contribution in [2.45, 2.75) is 12.5 Å². The van der Waals surface area contributed by atoms with E-state index in [0.717, 1.165) is 24.1 Å². The second kappa shape index (κ2) is 3.79. The lowest BCUT2D eigenvalue weighted by Crippen LogP contribution is -2.28. The highest BCUT2D eigenvalue weighted by Gasteiger charge is 2.21. The monoisotopic (exact) mass is 204 g/mol. The zero-order valence-corrected chi connectivity index (χ0v) is 8.45. The summed E-state index contributed by atoms with van der Waals surface area (Å²) in [6.07, 6.45) is 0.851. The molecule has 0 saturated carbocycles. The first kappa shape index (κ1) is 9.81. The van der Waals surface area contributed by atoms with Crippen molar-refractivity contribution < 1.29 is 9.84 Å². The summed E-state index contributed by atoms with van der Waals surface area (Å²) in [4.78, 5) is 0. The van der Waals surface area contributed by atoms with Crippen molar-refractivity contribution in [3.8, 4) is 17.6 Å². The maximum atomic E-state index is 9.62. The predicted octanol–water partition coefficient (Wildman–Crippen LogP) is 1.11. The van der Waals surface area contributed by atoms with Crippen LogP contribution in [0.4, 0.5) is 0 Å². The van der Waals surface area contributed by atoms with Gasteiger partial charge in [0.05, 0.1) is 13.2 Å².